The summed E-state index contributed by atoms with van der Waals surface area (Å²) in [6.45, 7) is 11.2. The lowest BCUT2D eigenvalue weighted by molar-refractivity contribution is -0.0164. The maximum absolute atomic E-state index is 5.76. The molecule has 1 N–H and O–H groups in total. The van der Waals surface area contributed by atoms with Crippen LogP contribution in [-0.4, -0.2) is 30.3 Å². The molecule has 0 unspecified atom stereocenters. The van der Waals surface area contributed by atoms with Crippen LogP contribution in [0.1, 0.15) is 39.7 Å². The Morgan fingerprint density at radius 1 is 1.26 bits per heavy atom. The van der Waals surface area contributed by atoms with Gasteiger partial charge in [0.05, 0.1) is 12.2 Å². The molecule has 19 heavy (non-hydrogen) atoms. The van der Waals surface area contributed by atoms with E-state index < -0.39 is 0 Å². The molecule has 0 bridgehead atoms. The normalized spacial score (nSPS) is 11.6. The van der Waals surface area contributed by atoms with Gasteiger partial charge in [-0.2, -0.15) is 0 Å². The van der Waals surface area contributed by atoms with E-state index in [1.807, 2.05) is 33.0 Å². The van der Waals surface area contributed by atoms with Crippen LogP contribution >= 0.6 is 0 Å². The minimum Gasteiger partial charge on any atom is -0.491 e. The fraction of sp³-hybridized carbons (Fsp3) is 0.667. The molecule has 1 aromatic rings. The van der Waals surface area contributed by atoms with Crippen LogP contribution in [0.15, 0.2) is 18.5 Å². The molecule has 0 saturated carbocycles. The number of aromatic nitrogens is 1. The number of nitrogens with one attached hydrogen (secondary N) is 1. The number of nitrogens with zero attached hydrogens (tertiary/aromatic N) is 1. The van der Waals surface area contributed by atoms with E-state index in [-0.39, 0.29) is 5.60 Å². The Hall–Kier alpha value is -1.13. The predicted octanol–water partition coefficient (Wildman–Crippen LogP) is 2.78. The minimum atomic E-state index is -0.118. The summed E-state index contributed by atoms with van der Waals surface area (Å²) in [6.07, 6.45) is 4.72. The van der Waals surface area contributed by atoms with Gasteiger partial charge in [-0.25, -0.2) is 0 Å². The summed E-state index contributed by atoms with van der Waals surface area (Å²) < 4.78 is 11.4. The van der Waals surface area contributed by atoms with Crippen LogP contribution in [0, 0.1) is 0 Å². The molecule has 1 heterocycles. The van der Waals surface area contributed by atoms with Crippen molar-refractivity contribution < 1.29 is 9.47 Å². The summed E-state index contributed by atoms with van der Waals surface area (Å²) in [5, 5.41) is 3.36. The summed E-state index contributed by atoms with van der Waals surface area (Å²) >= 11 is 0. The van der Waals surface area contributed by atoms with Gasteiger partial charge in [-0.3, -0.25) is 4.98 Å². The van der Waals surface area contributed by atoms with Crippen LogP contribution in [0.5, 0.6) is 5.75 Å². The zero-order valence-corrected chi connectivity index (χ0v) is 12.5. The van der Waals surface area contributed by atoms with Crippen molar-refractivity contribution in [3.63, 3.8) is 0 Å². The summed E-state index contributed by atoms with van der Waals surface area (Å²) in [7, 11) is 0. The number of ether oxygens (including phenoxy) is 2. The first-order chi connectivity index (χ1) is 9.03. The lowest BCUT2D eigenvalue weighted by atomic mass is 10.2. The largest absolute Gasteiger partial charge is 0.491 e. The Labute approximate surface area is 116 Å². The summed E-state index contributed by atoms with van der Waals surface area (Å²) in [6, 6.07) is 1.90. The van der Waals surface area contributed by atoms with Gasteiger partial charge >= 0.3 is 0 Å². The first kappa shape index (κ1) is 15.9. The van der Waals surface area contributed by atoms with E-state index in [0.717, 1.165) is 30.8 Å². The highest BCUT2D eigenvalue weighted by atomic mass is 16.5. The molecule has 4 nitrogen and oxygen atoms in total. The van der Waals surface area contributed by atoms with Gasteiger partial charge in [0.15, 0.2) is 0 Å². The second-order valence-corrected chi connectivity index (χ2v) is 5.47. The molecule has 4 heteroatoms. The first-order valence-corrected chi connectivity index (χ1v) is 6.93. The molecule has 0 saturated heterocycles. The molecule has 0 aliphatic carbocycles. The van der Waals surface area contributed by atoms with Crippen LogP contribution in [0.4, 0.5) is 0 Å². The fourth-order valence-electron chi connectivity index (χ4n) is 1.59. The van der Waals surface area contributed by atoms with Gasteiger partial charge in [0.1, 0.15) is 12.4 Å². The standard InChI is InChI=1S/C15H26N2O2/c1-5-7-16-11-13-12-17-8-6-14(13)18-9-10-19-15(2,3)4/h6,8,12,16H,5,7,9-11H2,1-4H3. The monoisotopic (exact) mass is 266 g/mol. The Bertz CT molecular complexity index is 361. The van der Waals surface area contributed by atoms with E-state index in [4.69, 9.17) is 9.47 Å². The van der Waals surface area contributed by atoms with Gasteiger partial charge in [-0.1, -0.05) is 6.92 Å². The van der Waals surface area contributed by atoms with Crippen molar-refractivity contribution in [2.45, 2.75) is 46.3 Å². The number of hydrogen-bond acceptors (Lipinski definition) is 4. The lowest BCUT2D eigenvalue weighted by Gasteiger charge is -2.20. The molecule has 0 radical (unpaired) electrons. The van der Waals surface area contributed by atoms with E-state index in [2.05, 4.69) is 17.2 Å². The highest BCUT2D eigenvalue weighted by molar-refractivity contribution is 5.29. The third-order valence-corrected chi connectivity index (χ3v) is 2.48. The molecule has 0 amide bonds. The summed E-state index contributed by atoms with van der Waals surface area (Å²) in [4.78, 5) is 4.14. The number of rotatable bonds is 8. The SMILES string of the molecule is CCCNCc1cnccc1OCCOC(C)(C)C. The second-order valence-electron chi connectivity index (χ2n) is 5.47. The third-order valence-electron chi connectivity index (χ3n) is 2.48. The second kappa shape index (κ2) is 8.12. The molecule has 0 aliphatic rings. The molecule has 0 spiro atoms. The Kier molecular flexibility index (Phi) is 6.81. The van der Waals surface area contributed by atoms with E-state index in [1.54, 1.807) is 6.20 Å². The van der Waals surface area contributed by atoms with E-state index in [9.17, 15) is 0 Å². The third kappa shape index (κ3) is 7.13. The number of hydrogen-bond donors (Lipinski definition) is 1. The maximum atomic E-state index is 5.76. The van der Waals surface area contributed by atoms with Crippen LogP contribution in [0.3, 0.4) is 0 Å². The predicted molar refractivity (Wildman–Crippen MR) is 77.4 cm³/mol. The molecule has 0 atom stereocenters. The lowest BCUT2D eigenvalue weighted by Crippen LogP contribution is -2.22. The highest BCUT2D eigenvalue weighted by Gasteiger charge is 2.10. The van der Waals surface area contributed by atoms with Crippen LogP contribution < -0.4 is 10.1 Å². The Morgan fingerprint density at radius 3 is 2.74 bits per heavy atom. The highest BCUT2D eigenvalue weighted by Crippen LogP contribution is 2.16. The molecular formula is C15H26N2O2. The van der Waals surface area contributed by atoms with Gasteiger partial charge in [-0.15, -0.1) is 0 Å². The van der Waals surface area contributed by atoms with Gasteiger partial charge in [-0.05, 0) is 39.8 Å². The fourth-order valence-corrected chi connectivity index (χ4v) is 1.59. The van der Waals surface area contributed by atoms with Crippen molar-refractivity contribution in [2.75, 3.05) is 19.8 Å². The van der Waals surface area contributed by atoms with Crippen molar-refractivity contribution in [1.29, 1.82) is 0 Å². The average Bonchev–Trinajstić information content (AvgIpc) is 2.35. The quantitative estimate of drug-likeness (QED) is 0.735. The average molecular weight is 266 g/mol. The first-order valence-electron chi connectivity index (χ1n) is 6.93. The van der Waals surface area contributed by atoms with Crippen LogP contribution in [-0.2, 0) is 11.3 Å². The molecule has 1 aromatic heterocycles. The minimum absolute atomic E-state index is 0.118. The van der Waals surface area contributed by atoms with Gasteiger partial charge < -0.3 is 14.8 Å². The van der Waals surface area contributed by atoms with E-state index >= 15 is 0 Å². The van der Waals surface area contributed by atoms with E-state index in [0.29, 0.717) is 13.2 Å². The molecular weight excluding hydrogens is 240 g/mol. The molecule has 108 valence electrons. The number of pyridine rings is 1. The Balaban J connectivity index is 2.39. The zero-order chi connectivity index (χ0) is 14.1. The van der Waals surface area contributed by atoms with Crippen molar-refractivity contribution in [1.82, 2.24) is 10.3 Å². The maximum Gasteiger partial charge on any atom is 0.126 e. The van der Waals surface area contributed by atoms with Crippen molar-refractivity contribution in [3.8, 4) is 5.75 Å². The topological polar surface area (TPSA) is 43.4 Å². The van der Waals surface area contributed by atoms with Gasteiger partial charge in [0, 0.05) is 24.5 Å². The Morgan fingerprint density at radius 2 is 2.05 bits per heavy atom. The molecule has 0 aromatic carbocycles. The van der Waals surface area contributed by atoms with Gasteiger partial charge in [0.2, 0.25) is 0 Å². The van der Waals surface area contributed by atoms with E-state index in [1.165, 1.54) is 0 Å². The molecule has 1 rings (SSSR count). The molecule has 0 aliphatic heterocycles. The van der Waals surface area contributed by atoms with Crippen LogP contribution in [0.25, 0.3) is 0 Å². The van der Waals surface area contributed by atoms with Crippen molar-refractivity contribution in [2.24, 2.45) is 0 Å². The summed E-state index contributed by atoms with van der Waals surface area (Å²) in [5.74, 6) is 0.885. The molecule has 0 fully saturated rings. The smallest absolute Gasteiger partial charge is 0.126 e. The van der Waals surface area contributed by atoms with Crippen LogP contribution in [0.2, 0.25) is 0 Å². The summed E-state index contributed by atoms with van der Waals surface area (Å²) in [5.41, 5.74) is 0.972. The van der Waals surface area contributed by atoms with Crippen molar-refractivity contribution in [3.05, 3.63) is 24.0 Å². The zero-order valence-electron chi connectivity index (χ0n) is 12.5. The van der Waals surface area contributed by atoms with Crippen molar-refractivity contribution >= 4 is 0 Å². The van der Waals surface area contributed by atoms with Gasteiger partial charge in [0.25, 0.3) is 0 Å².